The zero-order valence-corrected chi connectivity index (χ0v) is 15.9. The van der Waals surface area contributed by atoms with Crippen molar-refractivity contribution in [2.75, 3.05) is 11.4 Å². The second-order valence-corrected chi connectivity index (χ2v) is 8.33. The van der Waals surface area contributed by atoms with Crippen molar-refractivity contribution < 1.29 is 18.7 Å². The number of para-hydroxylation sites is 1. The molecule has 1 aromatic carbocycles. The maximum atomic E-state index is 12.8. The Balaban J connectivity index is 1.83. The van der Waals surface area contributed by atoms with E-state index in [1.807, 2.05) is 19.1 Å². The van der Waals surface area contributed by atoms with Crippen LogP contribution in [0.1, 0.15) is 36.1 Å². The van der Waals surface area contributed by atoms with Gasteiger partial charge in [0.2, 0.25) is 11.8 Å². The van der Waals surface area contributed by atoms with Crippen molar-refractivity contribution in [2.45, 2.75) is 31.4 Å². The normalized spacial score (nSPS) is 19.4. The molecule has 3 N–H and O–H groups in total. The smallest absolute Gasteiger partial charge is 0.240 e. The summed E-state index contributed by atoms with van der Waals surface area (Å²) in [6.45, 7) is 2.31. The van der Waals surface area contributed by atoms with Crippen LogP contribution >= 0.6 is 10.8 Å². The highest BCUT2D eigenvalue weighted by molar-refractivity contribution is 8.23. The topological polar surface area (TPSA) is 103 Å². The van der Waals surface area contributed by atoms with Crippen LogP contribution in [0, 0.1) is 0 Å². The van der Waals surface area contributed by atoms with Crippen LogP contribution < -0.4 is 9.62 Å². The highest BCUT2D eigenvalue weighted by Crippen LogP contribution is 2.57. The third-order valence-corrected chi connectivity index (χ3v) is 6.32. The van der Waals surface area contributed by atoms with Crippen LogP contribution in [0.2, 0.25) is 0 Å². The molecule has 0 bridgehead atoms. The maximum absolute atomic E-state index is 12.8. The largest absolute Gasteiger partial charge is 0.312 e. The molecule has 1 aromatic heterocycles. The molecule has 144 valence electrons. The van der Waals surface area contributed by atoms with Crippen molar-refractivity contribution in [3.05, 3.63) is 59.9 Å². The lowest BCUT2D eigenvalue weighted by Gasteiger charge is -2.35. The van der Waals surface area contributed by atoms with Gasteiger partial charge in [-0.2, -0.15) is 0 Å². The number of aromatic nitrogens is 1. The van der Waals surface area contributed by atoms with Gasteiger partial charge in [-0.3, -0.25) is 28.4 Å². The van der Waals surface area contributed by atoms with E-state index >= 15 is 0 Å². The zero-order valence-electron chi connectivity index (χ0n) is 15.0. The maximum Gasteiger partial charge on any atom is 0.240 e. The lowest BCUT2D eigenvalue weighted by atomic mass is 10.0. The number of nitrogens with one attached hydrogen (secondary N) is 1. The molecule has 0 spiro atoms. The first-order valence-electron chi connectivity index (χ1n) is 8.78. The van der Waals surface area contributed by atoms with Crippen LogP contribution in [0.3, 0.4) is 0 Å². The Morgan fingerprint density at radius 3 is 2.70 bits per heavy atom. The first-order chi connectivity index (χ1) is 12.9. The Kier molecular flexibility index (Phi) is 5.79. The minimum atomic E-state index is -3.28. The number of carbonyl (C=O) groups excluding carboxylic acids is 2. The summed E-state index contributed by atoms with van der Waals surface area (Å²) >= 11 is 0. The highest BCUT2D eigenvalue weighted by atomic mass is 32.3. The average molecular weight is 389 g/mol. The van der Waals surface area contributed by atoms with Crippen LogP contribution in [0.4, 0.5) is 5.69 Å². The number of pyridine rings is 1. The van der Waals surface area contributed by atoms with Gasteiger partial charge in [-0.25, -0.2) is 0 Å². The summed E-state index contributed by atoms with van der Waals surface area (Å²) in [6, 6.07) is 10.8. The minimum absolute atomic E-state index is 0.0131. The SMILES string of the molecule is CCN(C(=O)CCc1cccnc1)c1ccccc1C1CC(=O)NS1(O)O. The molecular formula is C19H23N3O4S. The van der Waals surface area contributed by atoms with E-state index in [1.54, 1.807) is 41.6 Å². The van der Waals surface area contributed by atoms with Crippen molar-refractivity contribution in [3.8, 4) is 0 Å². The number of aryl methyl sites for hydroxylation is 1. The molecule has 1 aliphatic rings. The number of hydrogen-bond donors (Lipinski definition) is 3. The molecule has 1 unspecified atom stereocenters. The van der Waals surface area contributed by atoms with Crippen molar-refractivity contribution >= 4 is 28.3 Å². The van der Waals surface area contributed by atoms with Crippen LogP contribution in [-0.4, -0.2) is 32.4 Å². The third-order valence-electron chi connectivity index (χ3n) is 4.57. The van der Waals surface area contributed by atoms with Crippen molar-refractivity contribution in [2.24, 2.45) is 0 Å². The van der Waals surface area contributed by atoms with E-state index in [-0.39, 0.29) is 12.3 Å². The summed E-state index contributed by atoms with van der Waals surface area (Å²) in [4.78, 5) is 30.2. The van der Waals surface area contributed by atoms with Gasteiger partial charge in [0.25, 0.3) is 0 Å². The molecule has 2 amide bonds. The van der Waals surface area contributed by atoms with Crippen LogP contribution in [0.25, 0.3) is 0 Å². The van der Waals surface area contributed by atoms with Gasteiger partial charge in [0.1, 0.15) is 5.25 Å². The van der Waals surface area contributed by atoms with Gasteiger partial charge < -0.3 is 4.90 Å². The monoisotopic (exact) mass is 389 g/mol. The number of carbonyl (C=O) groups is 2. The fraction of sp³-hybridized carbons (Fsp3) is 0.316. The van der Waals surface area contributed by atoms with Crippen molar-refractivity contribution in [3.63, 3.8) is 0 Å². The summed E-state index contributed by atoms with van der Waals surface area (Å²) < 4.78 is 22.7. The second-order valence-electron chi connectivity index (χ2n) is 6.37. The Labute approximate surface area is 159 Å². The van der Waals surface area contributed by atoms with E-state index in [4.69, 9.17) is 0 Å². The second kappa shape index (κ2) is 8.08. The van der Waals surface area contributed by atoms with E-state index in [1.165, 1.54) is 0 Å². The van der Waals surface area contributed by atoms with Crippen molar-refractivity contribution in [1.29, 1.82) is 0 Å². The first kappa shape index (κ1) is 19.3. The van der Waals surface area contributed by atoms with Crippen LogP contribution in [-0.2, 0) is 16.0 Å². The van der Waals surface area contributed by atoms with E-state index in [9.17, 15) is 18.7 Å². The van der Waals surface area contributed by atoms with E-state index < -0.39 is 21.9 Å². The van der Waals surface area contributed by atoms with Gasteiger partial charge >= 0.3 is 0 Å². The molecule has 27 heavy (non-hydrogen) atoms. The molecule has 3 rings (SSSR count). The quantitative estimate of drug-likeness (QED) is 0.703. The third kappa shape index (κ3) is 4.29. The number of amides is 2. The Morgan fingerprint density at radius 2 is 2.07 bits per heavy atom. The Bertz CT molecular complexity index is 829. The van der Waals surface area contributed by atoms with Gasteiger partial charge in [-0.1, -0.05) is 24.3 Å². The molecule has 0 radical (unpaired) electrons. The fourth-order valence-corrected chi connectivity index (χ4v) is 4.77. The van der Waals surface area contributed by atoms with Crippen LogP contribution in [0.5, 0.6) is 0 Å². The number of benzene rings is 1. The number of nitrogens with zero attached hydrogens (tertiary/aromatic N) is 2. The average Bonchev–Trinajstić information content (AvgIpc) is 2.94. The predicted octanol–water partition coefficient (Wildman–Crippen LogP) is 3.29. The number of rotatable bonds is 6. The van der Waals surface area contributed by atoms with E-state index in [0.29, 0.717) is 30.6 Å². The zero-order chi connectivity index (χ0) is 19.4. The molecule has 2 heterocycles. The van der Waals surface area contributed by atoms with Gasteiger partial charge in [0, 0.05) is 36.6 Å². The highest BCUT2D eigenvalue weighted by Gasteiger charge is 2.39. The molecule has 0 aliphatic carbocycles. The predicted molar refractivity (Wildman–Crippen MR) is 105 cm³/mol. The lowest BCUT2D eigenvalue weighted by molar-refractivity contribution is -0.119. The summed E-state index contributed by atoms with van der Waals surface area (Å²) in [6.07, 6.45) is 4.30. The molecule has 0 saturated carbocycles. The molecule has 1 atom stereocenters. The Hall–Kier alpha value is -2.42. The molecule has 1 saturated heterocycles. The molecular weight excluding hydrogens is 366 g/mol. The first-order valence-corrected chi connectivity index (χ1v) is 10.4. The molecule has 7 nitrogen and oxygen atoms in total. The van der Waals surface area contributed by atoms with Gasteiger partial charge in [0.15, 0.2) is 0 Å². The standard InChI is InChI=1S/C19H23N3O4S/c1-2-22(19(24)10-9-14-6-5-11-20-13-14)16-8-4-3-7-15(16)17-12-18(23)21-27(17,25)26/h3-8,11,13,17,25-26H,2,9-10,12H2,1H3,(H,21,23). The minimum Gasteiger partial charge on any atom is -0.312 e. The molecule has 2 aromatic rings. The molecule has 1 aliphatic heterocycles. The molecule has 8 heteroatoms. The summed E-state index contributed by atoms with van der Waals surface area (Å²) in [7, 11) is -3.28. The lowest BCUT2D eigenvalue weighted by Crippen LogP contribution is -2.32. The van der Waals surface area contributed by atoms with E-state index in [0.717, 1.165) is 5.56 Å². The van der Waals surface area contributed by atoms with E-state index in [2.05, 4.69) is 9.71 Å². The summed E-state index contributed by atoms with van der Waals surface area (Å²) in [5.74, 6) is -0.469. The molecule has 1 fully saturated rings. The van der Waals surface area contributed by atoms with Crippen LogP contribution in [0.15, 0.2) is 48.8 Å². The number of anilines is 1. The summed E-state index contributed by atoms with van der Waals surface area (Å²) in [5.41, 5.74) is 2.18. The van der Waals surface area contributed by atoms with Gasteiger partial charge in [0.05, 0.1) is 6.42 Å². The van der Waals surface area contributed by atoms with Crippen molar-refractivity contribution in [1.82, 2.24) is 9.71 Å². The van der Waals surface area contributed by atoms with Gasteiger partial charge in [-0.15, -0.1) is 10.8 Å². The summed E-state index contributed by atoms with van der Waals surface area (Å²) in [5, 5.41) is -0.763. The van der Waals surface area contributed by atoms with Gasteiger partial charge in [-0.05, 0) is 31.0 Å². The number of hydrogen-bond acceptors (Lipinski definition) is 5. The fourth-order valence-electron chi connectivity index (χ4n) is 3.27. The Morgan fingerprint density at radius 1 is 1.30 bits per heavy atom.